The van der Waals surface area contributed by atoms with Crippen LogP contribution in [0.25, 0.3) is 0 Å². The fourth-order valence-corrected chi connectivity index (χ4v) is 5.45. The molecular weight excluding hydrogens is 414 g/mol. The second kappa shape index (κ2) is 7.98. The van der Waals surface area contributed by atoms with Gasteiger partial charge in [0.2, 0.25) is 0 Å². The number of piperidine rings is 1. The van der Waals surface area contributed by atoms with E-state index in [1.807, 2.05) is 33.8 Å². The molecule has 3 aliphatic heterocycles. The molecule has 166 valence electrons. The zero-order valence-electron chi connectivity index (χ0n) is 18.5. The molecule has 1 saturated heterocycles. The van der Waals surface area contributed by atoms with Crippen molar-refractivity contribution in [2.45, 2.75) is 58.3 Å². The van der Waals surface area contributed by atoms with Crippen molar-refractivity contribution in [2.24, 2.45) is 4.99 Å². The summed E-state index contributed by atoms with van der Waals surface area (Å²) in [4.78, 5) is 32.6. The van der Waals surface area contributed by atoms with Gasteiger partial charge >= 0.3 is 6.09 Å². The topological polar surface area (TPSA) is 82.4 Å². The van der Waals surface area contributed by atoms with Crippen LogP contribution in [0.5, 0.6) is 0 Å². The van der Waals surface area contributed by atoms with Crippen LogP contribution in [0.2, 0.25) is 0 Å². The van der Waals surface area contributed by atoms with Gasteiger partial charge < -0.3 is 14.7 Å². The molecule has 1 aromatic rings. The maximum atomic E-state index is 12.6. The number of nitrogens with zero attached hydrogens (tertiary/aromatic N) is 3. The molecule has 1 fully saturated rings. The predicted octanol–water partition coefficient (Wildman–Crippen LogP) is 4.19. The summed E-state index contributed by atoms with van der Waals surface area (Å²) in [5.41, 5.74) is 2.50. The lowest BCUT2D eigenvalue weighted by Crippen LogP contribution is -2.45. The van der Waals surface area contributed by atoms with Crippen LogP contribution < -0.4 is 0 Å². The fraction of sp³-hybridized carbons (Fsp3) is 0.522. The van der Waals surface area contributed by atoms with Gasteiger partial charge in [0.05, 0.1) is 17.1 Å². The molecule has 0 saturated carbocycles. The first-order valence-corrected chi connectivity index (χ1v) is 11.4. The Hall–Kier alpha value is -2.32. The van der Waals surface area contributed by atoms with Crippen LogP contribution in [0.15, 0.2) is 39.7 Å². The first-order valence-electron chi connectivity index (χ1n) is 10.6. The number of aliphatic imine (C=N–C) groups is 1. The number of carboxylic acid groups (broad SMARTS) is 1. The highest BCUT2D eigenvalue weighted by atomic mass is 32.2. The first-order chi connectivity index (χ1) is 14.6. The molecule has 0 bridgehead atoms. The number of hydrogen-bond acceptors (Lipinski definition) is 5. The average molecular weight is 444 g/mol. The van der Waals surface area contributed by atoms with Crippen molar-refractivity contribution in [3.05, 3.63) is 45.9 Å². The second-order valence-electron chi connectivity index (χ2n) is 9.38. The Balaban J connectivity index is 1.44. The molecule has 0 atom stereocenters. The summed E-state index contributed by atoms with van der Waals surface area (Å²) < 4.78 is 6.23. The van der Waals surface area contributed by atoms with Crippen molar-refractivity contribution < 1.29 is 19.4 Å². The van der Waals surface area contributed by atoms with E-state index in [9.17, 15) is 14.7 Å². The number of likely N-dealkylation sites (tertiary alicyclic amines) is 1. The van der Waals surface area contributed by atoms with Crippen LogP contribution >= 0.6 is 11.8 Å². The SMILES string of the molecule is C/C(CN(C(=O)O)C(C)(C)C)=C1\SC(N2CCC3(CC2)OCc2ccccc23)=NC1=O. The third-order valence-electron chi connectivity index (χ3n) is 6.26. The number of amides is 2. The Bertz CT molecular complexity index is 971. The van der Waals surface area contributed by atoms with Crippen molar-refractivity contribution in [2.75, 3.05) is 19.6 Å². The molecule has 0 unspecified atom stereocenters. The molecule has 31 heavy (non-hydrogen) atoms. The zero-order valence-corrected chi connectivity index (χ0v) is 19.3. The highest BCUT2D eigenvalue weighted by Crippen LogP contribution is 2.45. The van der Waals surface area contributed by atoms with Crippen molar-refractivity contribution in [3.63, 3.8) is 0 Å². The molecule has 0 radical (unpaired) electrons. The molecular formula is C23H29N3O4S. The number of carbonyl (C=O) groups is 2. The van der Waals surface area contributed by atoms with E-state index < -0.39 is 11.6 Å². The van der Waals surface area contributed by atoms with Crippen LogP contribution in [0.1, 0.15) is 51.7 Å². The zero-order chi connectivity index (χ0) is 22.4. The lowest BCUT2D eigenvalue weighted by atomic mass is 9.84. The number of rotatable bonds is 2. The Morgan fingerprint density at radius 3 is 2.61 bits per heavy atom. The molecule has 3 heterocycles. The van der Waals surface area contributed by atoms with Crippen LogP contribution in [-0.4, -0.2) is 57.2 Å². The number of fused-ring (bicyclic) bond motifs is 2. The standard InChI is InChI=1S/C23H29N3O4S/c1-15(13-26(21(28)29)22(2,3)4)18-19(27)24-20(31-18)25-11-9-23(10-12-25)17-8-6-5-7-16(17)14-30-23/h5-8H,9-14H2,1-4H3,(H,28,29)/b18-15+. The number of thioether (sulfide) groups is 1. The normalized spacial score (nSPS) is 21.9. The first kappa shape index (κ1) is 21.9. The van der Waals surface area contributed by atoms with E-state index >= 15 is 0 Å². The van der Waals surface area contributed by atoms with Crippen LogP contribution in [0.3, 0.4) is 0 Å². The Morgan fingerprint density at radius 2 is 1.97 bits per heavy atom. The Kier molecular flexibility index (Phi) is 5.64. The minimum Gasteiger partial charge on any atom is -0.465 e. The van der Waals surface area contributed by atoms with Crippen LogP contribution in [0, 0.1) is 0 Å². The molecule has 0 aromatic heterocycles. The molecule has 3 aliphatic rings. The van der Waals surface area contributed by atoms with Gasteiger partial charge in [0.25, 0.3) is 5.91 Å². The highest BCUT2D eigenvalue weighted by molar-refractivity contribution is 8.18. The number of hydrogen-bond donors (Lipinski definition) is 1. The lowest BCUT2D eigenvalue weighted by molar-refractivity contribution is -0.113. The van der Waals surface area contributed by atoms with E-state index in [2.05, 4.69) is 28.1 Å². The van der Waals surface area contributed by atoms with Gasteiger partial charge in [-0.15, -0.1) is 0 Å². The summed E-state index contributed by atoms with van der Waals surface area (Å²) in [6.45, 7) is 9.72. The smallest absolute Gasteiger partial charge is 0.408 e. The number of benzene rings is 1. The molecule has 4 rings (SSSR count). The maximum Gasteiger partial charge on any atom is 0.408 e. The van der Waals surface area contributed by atoms with Gasteiger partial charge in [-0.3, -0.25) is 9.69 Å². The largest absolute Gasteiger partial charge is 0.465 e. The maximum absolute atomic E-state index is 12.6. The summed E-state index contributed by atoms with van der Waals surface area (Å²) in [5.74, 6) is -0.278. The monoisotopic (exact) mass is 443 g/mol. The van der Waals surface area contributed by atoms with E-state index in [1.165, 1.54) is 27.8 Å². The lowest BCUT2D eigenvalue weighted by Gasteiger charge is -2.39. The van der Waals surface area contributed by atoms with Gasteiger partial charge in [-0.05, 0) is 69.0 Å². The summed E-state index contributed by atoms with van der Waals surface area (Å²) in [6, 6.07) is 8.41. The molecule has 1 aromatic carbocycles. The molecule has 2 amide bonds. The third kappa shape index (κ3) is 4.11. The summed E-state index contributed by atoms with van der Waals surface area (Å²) in [7, 11) is 0. The second-order valence-corrected chi connectivity index (χ2v) is 10.4. The summed E-state index contributed by atoms with van der Waals surface area (Å²) in [6.07, 6.45) is 0.710. The Morgan fingerprint density at radius 1 is 1.29 bits per heavy atom. The van der Waals surface area contributed by atoms with E-state index in [4.69, 9.17) is 4.74 Å². The summed E-state index contributed by atoms with van der Waals surface area (Å²) >= 11 is 1.36. The molecule has 8 heteroatoms. The van der Waals surface area contributed by atoms with Gasteiger partial charge in [-0.25, -0.2) is 4.79 Å². The molecule has 1 N–H and O–H groups in total. The number of ether oxygens (including phenoxy) is 1. The van der Waals surface area contributed by atoms with E-state index in [0.717, 1.165) is 31.5 Å². The molecule has 7 nitrogen and oxygen atoms in total. The minimum absolute atomic E-state index is 0.184. The Labute approximate surface area is 187 Å². The van der Waals surface area contributed by atoms with Crippen LogP contribution in [0.4, 0.5) is 4.79 Å². The quantitative estimate of drug-likeness (QED) is 0.690. The van der Waals surface area contributed by atoms with Crippen molar-refractivity contribution in [1.82, 2.24) is 9.80 Å². The molecule has 0 aliphatic carbocycles. The highest BCUT2D eigenvalue weighted by Gasteiger charge is 2.43. The van der Waals surface area contributed by atoms with E-state index in [1.54, 1.807) is 0 Å². The van der Waals surface area contributed by atoms with E-state index in [-0.39, 0.29) is 18.1 Å². The number of amidine groups is 1. The fourth-order valence-electron chi connectivity index (χ4n) is 4.46. The van der Waals surface area contributed by atoms with Crippen molar-refractivity contribution in [3.8, 4) is 0 Å². The molecule has 1 spiro atoms. The average Bonchev–Trinajstić information content (AvgIpc) is 3.27. The van der Waals surface area contributed by atoms with E-state index in [0.29, 0.717) is 16.7 Å². The predicted molar refractivity (Wildman–Crippen MR) is 121 cm³/mol. The minimum atomic E-state index is -0.998. The number of carbonyl (C=O) groups excluding carboxylic acids is 1. The van der Waals surface area contributed by atoms with Gasteiger partial charge in [-0.2, -0.15) is 4.99 Å². The third-order valence-corrected chi connectivity index (χ3v) is 7.52. The van der Waals surface area contributed by atoms with Gasteiger partial charge in [0.15, 0.2) is 5.17 Å². The van der Waals surface area contributed by atoms with Gasteiger partial charge in [0.1, 0.15) is 0 Å². The van der Waals surface area contributed by atoms with Gasteiger partial charge in [-0.1, -0.05) is 24.3 Å². The summed E-state index contributed by atoms with van der Waals surface area (Å²) in [5, 5.41) is 10.3. The van der Waals surface area contributed by atoms with Crippen molar-refractivity contribution >= 4 is 28.9 Å². The van der Waals surface area contributed by atoms with Crippen LogP contribution in [-0.2, 0) is 21.7 Å². The van der Waals surface area contributed by atoms with Crippen molar-refractivity contribution in [1.29, 1.82) is 0 Å². The van der Waals surface area contributed by atoms with Gasteiger partial charge in [0, 0.05) is 25.2 Å².